The lowest BCUT2D eigenvalue weighted by Crippen LogP contribution is -2.57. The molecule has 3 heterocycles. The molecule has 25 heavy (non-hydrogen) atoms. The van der Waals surface area contributed by atoms with Crippen LogP contribution >= 0.6 is 0 Å². The van der Waals surface area contributed by atoms with Crippen LogP contribution < -0.4 is 10.6 Å². The van der Waals surface area contributed by atoms with Gasteiger partial charge in [-0.15, -0.1) is 0 Å². The molecular formula is C17H21N7O. The fourth-order valence-electron chi connectivity index (χ4n) is 3.76. The number of aromatic nitrogens is 3. The highest BCUT2D eigenvalue weighted by atomic mass is 16.2. The van der Waals surface area contributed by atoms with Crippen molar-refractivity contribution in [3.05, 3.63) is 12.3 Å². The molecule has 1 saturated carbocycles. The molecule has 130 valence electrons. The lowest BCUT2D eigenvalue weighted by atomic mass is 10.1. The standard InChI is InChI=1S/C17H21N7O/c18-7-2-1-3-13(25)24-10-9-23(11-17(24)5-6-17)15-12-4-8-20-14(12)21-16(19)22-15/h4,8H,1-3,5-6,9-11H2,(H3,19,20,21,22). The third-order valence-electron chi connectivity index (χ3n) is 5.17. The smallest absolute Gasteiger partial charge is 0.223 e. The maximum atomic E-state index is 12.5. The summed E-state index contributed by atoms with van der Waals surface area (Å²) in [5, 5.41) is 9.61. The fraction of sp³-hybridized carbons (Fsp3) is 0.529. The normalized spacial score (nSPS) is 18.5. The van der Waals surface area contributed by atoms with E-state index in [1.165, 1.54) is 0 Å². The van der Waals surface area contributed by atoms with E-state index in [1.54, 1.807) is 0 Å². The molecule has 0 atom stereocenters. The average molecular weight is 339 g/mol. The SMILES string of the molecule is N#CCCCC(=O)N1CCN(c2nc(N)nc3[nH]ccc23)CC12CC2. The zero-order valence-corrected chi connectivity index (χ0v) is 14.0. The third kappa shape index (κ3) is 2.76. The van der Waals surface area contributed by atoms with Crippen molar-refractivity contribution in [1.29, 1.82) is 5.26 Å². The first-order valence-corrected chi connectivity index (χ1v) is 8.66. The molecule has 4 rings (SSSR count). The van der Waals surface area contributed by atoms with Crippen LogP contribution in [0.5, 0.6) is 0 Å². The van der Waals surface area contributed by atoms with E-state index >= 15 is 0 Å². The Morgan fingerprint density at radius 1 is 1.40 bits per heavy atom. The minimum absolute atomic E-state index is 0.0790. The van der Waals surface area contributed by atoms with E-state index in [2.05, 4.69) is 25.9 Å². The topological polar surface area (TPSA) is 115 Å². The van der Waals surface area contributed by atoms with Crippen molar-refractivity contribution >= 4 is 28.7 Å². The van der Waals surface area contributed by atoms with E-state index in [9.17, 15) is 4.79 Å². The van der Waals surface area contributed by atoms with Crippen LogP contribution in [0.1, 0.15) is 32.1 Å². The van der Waals surface area contributed by atoms with E-state index in [4.69, 9.17) is 11.0 Å². The number of unbranched alkanes of at least 4 members (excludes halogenated alkanes) is 1. The number of H-pyrrole nitrogens is 1. The number of fused-ring (bicyclic) bond motifs is 1. The molecule has 0 radical (unpaired) electrons. The van der Waals surface area contributed by atoms with Crippen molar-refractivity contribution < 1.29 is 4.79 Å². The Morgan fingerprint density at radius 3 is 3.00 bits per heavy atom. The summed E-state index contributed by atoms with van der Waals surface area (Å²) in [6.07, 6.45) is 5.40. The Labute approximate surface area is 145 Å². The molecule has 0 aromatic carbocycles. The minimum atomic E-state index is -0.0790. The number of anilines is 2. The highest BCUT2D eigenvalue weighted by Gasteiger charge is 2.53. The van der Waals surface area contributed by atoms with E-state index in [-0.39, 0.29) is 17.4 Å². The van der Waals surface area contributed by atoms with Gasteiger partial charge < -0.3 is 20.5 Å². The number of carbonyl (C=O) groups excluding carboxylic acids is 1. The highest BCUT2D eigenvalue weighted by molar-refractivity contribution is 5.89. The van der Waals surface area contributed by atoms with E-state index < -0.39 is 0 Å². The molecule has 2 aromatic heterocycles. The molecule has 0 unspecified atom stereocenters. The summed E-state index contributed by atoms with van der Waals surface area (Å²) in [6, 6.07) is 4.06. The van der Waals surface area contributed by atoms with Gasteiger partial charge in [-0.05, 0) is 25.3 Å². The second kappa shape index (κ2) is 5.92. The molecule has 8 heteroatoms. The average Bonchev–Trinajstić information content (AvgIpc) is 3.18. The van der Waals surface area contributed by atoms with Gasteiger partial charge in [0.05, 0.1) is 17.0 Å². The summed E-state index contributed by atoms with van der Waals surface area (Å²) in [7, 11) is 0. The second-order valence-electron chi connectivity index (χ2n) is 6.85. The molecule has 1 spiro atoms. The zero-order chi connectivity index (χ0) is 17.4. The number of hydrogen-bond donors (Lipinski definition) is 2. The van der Waals surface area contributed by atoms with Crippen molar-refractivity contribution in [3.8, 4) is 6.07 Å². The number of amides is 1. The monoisotopic (exact) mass is 339 g/mol. The summed E-state index contributed by atoms with van der Waals surface area (Å²) >= 11 is 0. The molecule has 3 N–H and O–H groups in total. The number of nitriles is 1. The third-order valence-corrected chi connectivity index (χ3v) is 5.17. The summed E-state index contributed by atoms with van der Waals surface area (Å²) in [5.41, 5.74) is 6.52. The van der Waals surface area contributed by atoms with Crippen molar-refractivity contribution in [2.75, 3.05) is 30.3 Å². The lowest BCUT2D eigenvalue weighted by molar-refractivity contribution is -0.135. The van der Waals surface area contributed by atoms with Crippen LogP contribution in [0.3, 0.4) is 0 Å². The Balaban J connectivity index is 1.54. The Hall–Kier alpha value is -2.82. The van der Waals surface area contributed by atoms with Crippen LogP contribution in [0.2, 0.25) is 0 Å². The summed E-state index contributed by atoms with van der Waals surface area (Å²) in [6.45, 7) is 2.18. The van der Waals surface area contributed by atoms with Crippen LogP contribution in [-0.2, 0) is 4.79 Å². The summed E-state index contributed by atoms with van der Waals surface area (Å²) in [4.78, 5) is 28.6. The molecule has 8 nitrogen and oxygen atoms in total. The largest absolute Gasteiger partial charge is 0.368 e. The van der Waals surface area contributed by atoms with E-state index in [1.807, 2.05) is 17.2 Å². The Kier molecular flexibility index (Phi) is 3.71. The molecular weight excluding hydrogens is 318 g/mol. The van der Waals surface area contributed by atoms with Gasteiger partial charge in [0.1, 0.15) is 11.5 Å². The van der Waals surface area contributed by atoms with E-state index in [0.29, 0.717) is 25.8 Å². The van der Waals surface area contributed by atoms with Crippen molar-refractivity contribution in [2.24, 2.45) is 0 Å². The zero-order valence-electron chi connectivity index (χ0n) is 14.0. The van der Waals surface area contributed by atoms with Gasteiger partial charge in [-0.3, -0.25) is 4.79 Å². The van der Waals surface area contributed by atoms with Gasteiger partial charge in [0.25, 0.3) is 0 Å². The maximum absolute atomic E-state index is 12.5. The van der Waals surface area contributed by atoms with Crippen LogP contribution in [0.25, 0.3) is 11.0 Å². The summed E-state index contributed by atoms with van der Waals surface area (Å²) in [5.74, 6) is 1.26. The van der Waals surface area contributed by atoms with Gasteiger partial charge in [-0.2, -0.15) is 15.2 Å². The quantitative estimate of drug-likeness (QED) is 0.814. The number of nitrogens with one attached hydrogen (secondary N) is 1. The van der Waals surface area contributed by atoms with E-state index in [0.717, 1.165) is 42.8 Å². The molecule has 2 aromatic rings. The number of rotatable bonds is 4. The van der Waals surface area contributed by atoms with Gasteiger partial charge in [-0.1, -0.05) is 0 Å². The molecule has 1 saturated heterocycles. The van der Waals surface area contributed by atoms with Crippen LogP contribution in [0, 0.1) is 11.3 Å². The Morgan fingerprint density at radius 2 is 2.24 bits per heavy atom. The first kappa shape index (κ1) is 15.7. The molecule has 1 amide bonds. The fourth-order valence-corrected chi connectivity index (χ4v) is 3.76. The number of hydrogen-bond acceptors (Lipinski definition) is 6. The number of aromatic amines is 1. The number of nitrogens with two attached hydrogens (primary N) is 1. The number of carbonyl (C=O) groups is 1. The number of nitrogen functional groups attached to an aromatic ring is 1. The van der Waals surface area contributed by atoms with Gasteiger partial charge in [0, 0.05) is 38.7 Å². The molecule has 1 aliphatic heterocycles. The first-order valence-electron chi connectivity index (χ1n) is 8.66. The van der Waals surface area contributed by atoms with Gasteiger partial charge in [0.15, 0.2) is 0 Å². The maximum Gasteiger partial charge on any atom is 0.223 e. The highest BCUT2D eigenvalue weighted by Crippen LogP contribution is 2.45. The summed E-state index contributed by atoms with van der Waals surface area (Å²) < 4.78 is 0. The van der Waals surface area contributed by atoms with Crippen molar-refractivity contribution in [3.63, 3.8) is 0 Å². The van der Waals surface area contributed by atoms with Crippen LogP contribution in [0.4, 0.5) is 11.8 Å². The van der Waals surface area contributed by atoms with Crippen LogP contribution in [0.15, 0.2) is 12.3 Å². The molecule has 1 aliphatic carbocycles. The van der Waals surface area contributed by atoms with Gasteiger partial charge >= 0.3 is 0 Å². The first-order chi connectivity index (χ1) is 12.1. The van der Waals surface area contributed by atoms with Crippen molar-refractivity contribution in [2.45, 2.75) is 37.6 Å². The van der Waals surface area contributed by atoms with Crippen molar-refractivity contribution in [1.82, 2.24) is 19.9 Å². The number of nitrogens with zero attached hydrogens (tertiary/aromatic N) is 5. The molecule has 2 aliphatic rings. The number of piperazine rings is 1. The van der Waals surface area contributed by atoms with Crippen LogP contribution in [-0.4, -0.2) is 50.9 Å². The van der Waals surface area contributed by atoms with Gasteiger partial charge in [0.2, 0.25) is 11.9 Å². The molecule has 2 fully saturated rings. The Bertz CT molecular complexity index is 848. The lowest BCUT2D eigenvalue weighted by Gasteiger charge is -2.43. The molecule has 0 bridgehead atoms. The predicted octanol–water partition coefficient (Wildman–Crippen LogP) is 1.42. The minimum Gasteiger partial charge on any atom is -0.368 e. The second-order valence-corrected chi connectivity index (χ2v) is 6.85. The van der Waals surface area contributed by atoms with Gasteiger partial charge in [-0.25, -0.2) is 0 Å². The predicted molar refractivity (Wildman–Crippen MR) is 93.7 cm³/mol.